The molecule has 0 fully saturated rings. The van der Waals surface area contributed by atoms with Crippen LogP contribution in [-0.2, 0) is 52.5 Å². The average Bonchev–Trinajstić information content (AvgIpc) is 3.14. The number of hydrogen-bond donors (Lipinski definition) is 6. The van der Waals surface area contributed by atoms with E-state index < -0.39 is 23.9 Å². The molecule has 55 heavy (non-hydrogen) atoms. The van der Waals surface area contributed by atoms with Crippen LogP contribution in [0.15, 0.2) is 0 Å². The van der Waals surface area contributed by atoms with E-state index in [4.69, 9.17) is 24.1 Å². The van der Waals surface area contributed by atoms with Gasteiger partial charge in [0.15, 0.2) is 0 Å². The van der Waals surface area contributed by atoms with E-state index in [0.29, 0.717) is 6.42 Å². The monoisotopic (exact) mass is 900 g/mol. The number of carboxylic acids is 2. The number of carbonyl (C=O) groups excluding carboxylic acids is 5. The lowest BCUT2D eigenvalue weighted by atomic mass is 10.0. The molecule has 0 bridgehead atoms. The maximum atomic E-state index is 12.3. The zero-order valence-electron chi connectivity index (χ0n) is 32.3. The van der Waals surface area contributed by atoms with E-state index in [2.05, 4.69) is 21.3 Å². The van der Waals surface area contributed by atoms with Crippen molar-refractivity contribution in [2.24, 2.45) is 0 Å². The normalized spacial score (nSPS) is 11.4. The van der Waals surface area contributed by atoms with Crippen LogP contribution in [0.4, 0.5) is 0 Å². The van der Waals surface area contributed by atoms with Crippen LogP contribution in [-0.4, -0.2) is 128 Å². The Kier molecular flexibility index (Phi) is 35.9. The minimum atomic E-state index is -1.18. The molecule has 1 atom stereocenters. The van der Waals surface area contributed by atoms with Crippen molar-refractivity contribution >= 4 is 61.9 Å². The maximum absolute atomic E-state index is 12.3. The van der Waals surface area contributed by atoms with Gasteiger partial charge in [0, 0.05) is 54.9 Å². The van der Waals surface area contributed by atoms with Gasteiger partial charge in [-0.25, -0.2) is 4.79 Å². The summed E-state index contributed by atoms with van der Waals surface area (Å²) in [6, 6.07) is -1.14. The summed E-state index contributed by atoms with van der Waals surface area (Å²) in [5.74, 6) is -3.31. The fourth-order valence-electron chi connectivity index (χ4n) is 5.14. The Morgan fingerprint density at radius 2 is 0.891 bits per heavy atom. The number of ether oxygens (including phenoxy) is 4. The second-order valence-corrected chi connectivity index (χ2v) is 14.2. The molecule has 18 heteroatoms. The Bertz CT molecular complexity index is 1080. The molecule has 0 saturated heterocycles. The Hall–Kier alpha value is -2.94. The smallest absolute Gasteiger partial charge is 0.326 e. The van der Waals surface area contributed by atoms with E-state index in [-0.39, 0.29) is 120 Å². The Morgan fingerprint density at radius 1 is 0.473 bits per heavy atom. The largest absolute Gasteiger partial charge is 0.481 e. The van der Waals surface area contributed by atoms with Gasteiger partial charge in [-0.15, -0.1) is 0 Å². The van der Waals surface area contributed by atoms with Crippen molar-refractivity contribution in [3.8, 4) is 0 Å². The molecule has 0 aliphatic rings. The quantitative estimate of drug-likeness (QED) is 0.0295. The first-order valence-electron chi connectivity index (χ1n) is 19.5. The lowest BCUT2D eigenvalue weighted by Crippen LogP contribution is -2.41. The Balaban J connectivity index is 3.66. The lowest BCUT2D eigenvalue weighted by Gasteiger charge is -2.14. The number of nitrogens with one attached hydrogen (secondary N) is 4. The minimum absolute atomic E-state index is 0.0269. The maximum Gasteiger partial charge on any atom is 0.326 e. The number of amides is 4. The van der Waals surface area contributed by atoms with Gasteiger partial charge in [-0.3, -0.25) is 28.8 Å². The highest BCUT2D eigenvalue weighted by molar-refractivity contribution is 14.1. The van der Waals surface area contributed by atoms with Crippen molar-refractivity contribution in [1.29, 1.82) is 0 Å². The Morgan fingerprint density at radius 3 is 1.35 bits per heavy atom. The number of unbranched alkanes of at least 4 members (excludes halogenated alkanes) is 13. The molecular weight excluding hydrogens is 835 g/mol. The van der Waals surface area contributed by atoms with E-state index in [1.54, 1.807) is 22.6 Å². The van der Waals surface area contributed by atoms with Crippen molar-refractivity contribution < 1.29 is 62.7 Å². The van der Waals surface area contributed by atoms with Crippen molar-refractivity contribution in [1.82, 2.24) is 21.3 Å². The van der Waals surface area contributed by atoms with Gasteiger partial charge in [0.05, 0.1) is 46.2 Å². The zero-order chi connectivity index (χ0) is 40.8. The van der Waals surface area contributed by atoms with Crippen LogP contribution in [0.25, 0.3) is 0 Å². The van der Waals surface area contributed by atoms with Gasteiger partial charge in [-0.2, -0.15) is 0 Å². The second-order valence-electron chi connectivity index (χ2n) is 13.0. The van der Waals surface area contributed by atoms with Gasteiger partial charge in [0.1, 0.15) is 19.3 Å². The first kappa shape index (κ1) is 52.1. The number of rotatable bonds is 40. The van der Waals surface area contributed by atoms with E-state index in [0.717, 1.165) is 38.5 Å². The van der Waals surface area contributed by atoms with Crippen LogP contribution in [0, 0.1) is 0 Å². The van der Waals surface area contributed by atoms with Crippen molar-refractivity contribution in [2.45, 2.75) is 122 Å². The second kappa shape index (κ2) is 38.0. The molecule has 0 radical (unpaired) electrons. The van der Waals surface area contributed by atoms with Crippen LogP contribution in [0.5, 0.6) is 0 Å². The molecule has 0 saturated carbocycles. The van der Waals surface area contributed by atoms with Gasteiger partial charge < -0.3 is 50.4 Å². The summed E-state index contributed by atoms with van der Waals surface area (Å²) in [5.41, 5.74) is 0. The summed E-state index contributed by atoms with van der Waals surface area (Å²) in [6.07, 6.45) is 15.5. The SMILES string of the molecule is O=C(O)CCCCCCCCCCCCCCCCC(=O)N[C@@H](CCC(=O)NCCOCCOCC(=O)NCCOCCOCC(=O)NCC(=O)I)C(=O)O. The third-order valence-electron chi connectivity index (χ3n) is 8.11. The molecule has 17 nitrogen and oxygen atoms in total. The highest BCUT2D eigenvalue weighted by atomic mass is 127. The first-order chi connectivity index (χ1) is 26.5. The summed E-state index contributed by atoms with van der Waals surface area (Å²) in [4.78, 5) is 80.5. The zero-order valence-corrected chi connectivity index (χ0v) is 34.5. The Labute approximate surface area is 339 Å². The predicted octanol–water partition coefficient (Wildman–Crippen LogP) is 3.04. The summed E-state index contributed by atoms with van der Waals surface area (Å²) >= 11 is 1.58. The van der Waals surface area contributed by atoms with Gasteiger partial charge in [0.2, 0.25) is 27.4 Å². The summed E-state index contributed by atoms with van der Waals surface area (Å²) in [6.45, 7) is 1.32. The first-order valence-corrected chi connectivity index (χ1v) is 20.6. The molecule has 0 aliphatic carbocycles. The molecule has 0 aliphatic heterocycles. The number of hydrogen-bond acceptors (Lipinski definition) is 11. The summed E-state index contributed by atoms with van der Waals surface area (Å²) < 4.78 is 20.8. The summed E-state index contributed by atoms with van der Waals surface area (Å²) in [7, 11) is 0. The number of carbonyl (C=O) groups is 7. The van der Waals surface area contributed by atoms with Crippen LogP contribution < -0.4 is 21.3 Å². The number of halogens is 1. The van der Waals surface area contributed by atoms with E-state index >= 15 is 0 Å². The third-order valence-corrected chi connectivity index (χ3v) is 8.49. The standard InChI is InChI=1S/C37H65IN4O13/c38-31(43)27-41-35(47)29-55-26-24-53-22-20-40-34(46)28-54-25-23-52-21-19-39-32(44)18-17-30(37(50)51)42-33(45)15-13-11-9-7-5-3-1-2-4-6-8-10-12-14-16-36(48)49/h30H,1-29H2,(H,39,44)(H,40,46)(H,41,47)(H,42,45)(H,48,49)(H,50,51)/t30-/m0/s1. The molecule has 318 valence electrons. The van der Waals surface area contributed by atoms with Crippen molar-refractivity contribution in [3.05, 3.63) is 0 Å². The molecule has 6 N–H and O–H groups in total. The van der Waals surface area contributed by atoms with Crippen LogP contribution in [0.3, 0.4) is 0 Å². The molecule has 0 rings (SSSR count). The molecule has 0 heterocycles. The fourth-order valence-corrected chi connectivity index (χ4v) is 5.33. The highest BCUT2D eigenvalue weighted by Crippen LogP contribution is 2.14. The van der Waals surface area contributed by atoms with Crippen LogP contribution in [0.2, 0.25) is 0 Å². The van der Waals surface area contributed by atoms with Gasteiger partial charge in [-0.1, -0.05) is 77.0 Å². The molecule has 4 amide bonds. The summed E-state index contributed by atoms with van der Waals surface area (Å²) in [5, 5.41) is 28.3. The number of carboxylic acid groups (broad SMARTS) is 2. The lowest BCUT2D eigenvalue weighted by molar-refractivity contribution is -0.142. The van der Waals surface area contributed by atoms with Crippen molar-refractivity contribution in [3.63, 3.8) is 0 Å². The third kappa shape index (κ3) is 39.1. The molecule has 0 aromatic heterocycles. The minimum Gasteiger partial charge on any atom is -0.481 e. The van der Waals surface area contributed by atoms with Crippen molar-refractivity contribution in [2.75, 3.05) is 72.5 Å². The average molecular weight is 901 g/mol. The van der Waals surface area contributed by atoms with Gasteiger partial charge >= 0.3 is 11.9 Å². The van der Waals surface area contributed by atoms with E-state index in [9.17, 15) is 38.7 Å². The fraction of sp³-hybridized carbons (Fsp3) is 0.811. The number of aliphatic carboxylic acids is 2. The van der Waals surface area contributed by atoms with Gasteiger partial charge in [-0.05, 0) is 19.3 Å². The van der Waals surface area contributed by atoms with Crippen LogP contribution in [0.1, 0.15) is 116 Å². The predicted molar refractivity (Wildman–Crippen MR) is 212 cm³/mol. The van der Waals surface area contributed by atoms with Gasteiger partial charge in [0.25, 0.3) is 0 Å². The molecule has 0 spiro atoms. The molecular formula is C37H65IN4O13. The van der Waals surface area contributed by atoms with Crippen LogP contribution >= 0.6 is 22.6 Å². The van der Waals surface area contributed by atoms with E-state index in [1.165, 1.54) is 44.9 Å². The van der Waals surface area contributed by atoms with E-state index in [1.807, 2.05) is 0 Å². The highest BCUT2D eigenvalue weighted by Gasteiger charge is 2.20. The topological polar surface area (TPSA) is 245 Å². The molecule has 0 unspecified atom stereocenters. The molecule has 0 aromatic carbocycles. The molecule has 0 aromatic rings.